The van der Waals surface area contributed by atoms with Crippen LogP contribution in [0.3, 0.4) is 0 Å². The van der Waals surface area contributed by atoms with Crippen LogP contribution in [0.5, 0.6) is 0 Å². The van der Waals surface area contributed by atoms with E-state index in [9.17, 15) is 5.11 Å². The van der Waals surface area contributed by atoms with Gasteiger partial charge >= 0.3 is 0 Å². The van der Waals surface area contributed by atoms with Crippen LogP contribution >= 0.6 is 23.2 Å². The summed E-state index contributed by atoms with van der Waals surface area (Å²) in [6.45, 7) is 0.533. The fourth-order valence-corrected chi connectivity index (χ4v) is 2.61. The van der Waals surface area contributed by atoms with Crippen molar-refractivity contribution < 1.29 is 9.63 Å². The van der Waals surface area contributed by atoms with Gasteiger partial charge in [0.15, 0.2) is 0 Å². The quantitative estimate of drug-likeness (QED) is 0.891. The van der Waals surface area contributed by atoms with Crippen LogP contribution in [0.25, 0.3) is 11.4 Å². The number of β-amino-alcohol motifs (C(OH)–C–C–N with tert-alkyl or cyclic N) is 1. The molecular weight excluding hydrogens is 289 g/mol. The summed E-state index contributed by atoms with van der Waals surface area (Å²) in [5.74, 6) is 0.894. The molecule has 7 heteroatoms. The molecule has 3 rings (SSSR count). The normalized spacial score (nSPS) is 22.9. The van der Waals surface area contributed by atoms with Crippen molar-refractivity contribution in [1.29, 1.82) is 0 Å². The van der Waals surface area contributed by atoms with E-state index in [-0.39, 0.29) is 12.1 Å². The molecule has 0 bridgehead atoms. The minimum absolute atomic E-state index is 0.106. The van der Waals surface area contributed by atoms with Crippen LogP contribution in [0, 0.1) is 0 Å². The maximum Gasteiger partial charge on any atom is 0.244 e. The Morgan fingerprint density at radius 2 is 2.00 bits per heavy atom. The van der Waals surface area contributed by atoms with E-state index in [1.165, 1.54) is 0 Å². The van der Waals surface area contributed by atoms with E-state index >= 15 is 0 Å². The Hall–Kier alpha value is -1.14. The van der Waals surface area contributed by atoms with Gasteiger partial charge in [-0.25, -0.2) is 0 Å². The van der Waals surface area contributed by atoms with Gasteiger partial charge in [0.2, 0.25) is 11.7 Å². The summed E-state index contributed by atoms with van der Waals surface area (Å²) in [5.41, 5.74) is 0.700. The van der Waals surface area contributed by atoms with E-state index < -0.39 is 0 Å². The summed E-state index contributed by atoms with van der Waals surface area (Å²) in [5, 5.41) is 17.5. The van der Waals surface area contributed by atoms with Crippen LogP contribution in [0.1, 0.15) is 18.4 Å². The van der Waals surface area contributed by atoms with Gasteiger partial charge < -0.3 is 14.9 Å². The smallest absolute Gasteiger partial charge is 0.244 e. The zero-order valence-electron chi connectivity index (χ0n) is 9.81. The second-order valence-corrected chi connectivity index (χ2v) is 5.34. The second-order valence-electron chi connectivity index (χ2n) is 4.46. The monoisotopic (exact) mass is 299 g/mol. The highest BCUT2D eigenvalue weighted by Gasteiger charge is 2.28. The molecule has 2 heterocycles. The number of nitrogens with one attached hydrogen (secondary N) is 1. The summed E-state index contributed by atoms with van der Waals surface area (Å²) < 4.78 is 5.21. The maximum atomic E-state index is 9.47. The number of aliphatic hydroxyl groups excluding tert-OH is 1. The fourth-order valence-electron chi connectivity index (χ4n) is 2.08. The molecule has 0 saturated carbocycles. The van der Waals surface area contributed by atoms with Crippen molar-refractivity contribution >= 4 is 23.2 Å². The molecule has 0 aliphatic carbocycles. The fraction of sp³-hybridized carbons (Fsp3) is 0.333. The van der Waals surface area contributed by atoms with Crippen molar-refractivity contribution in [3.63, 3.8) is 0 Å². The van der Waals surface area contributed by atoms with Crippen molar-refractivity contribution in [3.05, 3.63) is 34.1 Å². The summed E-state index contributed by atoms with van der Waals surface area (Å²) in [4.78, 5) is 4.31. The van der Waals surface area contributed by atoms with Crippen LogP contribution < -0.4 is 5.32 Å². The predicted octanol–water partition coefficient (Wildman–Crippen LogP) is 2.44. The van der Waals surface area contributed by atoms with Gasteiger partial charge in [-0.05, 0) is 24.6 Å². The molecular formula is C12H11Cl2N3O2. The van der Waals surface area contributed by atoms with Crippen LogP contribution in [-0.2, 0) is 0 Å². The van der Waals surface area contributed by atoms with E-state index in [0.29, 0.717) is 40.3 Å². The molecule has 1 aromatic carbocycles. The topological polar surface area (TPSA) is 71.2 Å². The molecule has 19 heavy (non-hydrogen) atoms. The molecule has 1 aromatic heterocycles. The van der Waals surface area contributed by atoms with Crippen LogP contribution in [0.4, 0.5) is 0 Å². The highest BCUT2D eigenvalue weighted by molar-refractivity contribution is 6.35. The Balaban J connectivity index is 1.88. The van der Waals surface area contributed by atoms with Gasteiger partial charge in [0, 0.05) is 22.2 Å². The van der Waals surface area contributed by atoms with Gasteiger partial charge in [-0.3, -0.25) is 0 Å². The lowest BCUT2D eigenvalue weighted by Crippen LogP contribution is -2.15. The van der Waals surface area contributed by atoms with Crippen molar-refractivity contribution in [2.24, 2.45) is 0 Å². The molecule has 5 nitrogen and oxygen atoms in total. The van der Waals surface area contributed by atoms with E-state index in [1.807, 2.05) is 0 Å². The molecule has 2 N–H and O–H groups in total. The number of hydrogen-bond donors (Lipinski definition) is 2. The van der Waals surface area contributed by atoms with Gasteiger partial charge in [0.1, 0.15) is 0 Å². The van der Waals surface area contributed by atoms with Crippen LogP contribution in [-0.4, -0.2) is 27.9 Å². The highest BCUT2D eigenvalue weighted by atomic mass is 35.5. The predicted molar refractivity (Wildman–Crippen MR) is 71.1 cm³/mol. The maximum absolute atomic E-state index is 9.47. The van der Waals surface area contributed by atoms with Gasteiger partial charge in [-0.2, -0.15) is 4.98 Å². The van der Waals surface area contributed by atoms with Crippen molar-refractivity contribution in [2.45, 2.75) is 18.6 Å². The number of nitrogens with zero attached hydrogens (tertiary/aromatic N) is 2. The number of benzene rings is 1. The van der Waals surface area contributed by atoms with E-state index in [2.05, 4.69) is 15.5 Å². The molecule has 100 valence electrons. The lowest BCUT2D eigenvalue weighted by atomic mass is 10.2. The third-order valence-corrected chi connectivity index (χ3v) is 3.40. The summed E-state index contributed by atoms with van der Waals surface area (Å²) in [6, 6.07) is 4.98. The van der Waals surface area contributed by atoms with E-state index in [4.69, 9.17) is 27.7 Å². The lowest BCUT2D eigenvalue weighted by molar-refractivity contribution is 0.191. The number of hydrogen-bond acceptors (Lipinski definition) is 5. The molecule has 0 amide bonds. The first kappa shape index (κ1) is 12.9. The first-order valence-corrected chi connectivity index (χ1v) is 6.59. The van der Waals surface area contributed by atoms with E-state index in [1.54, 1.807) is 18.2 Å². The van der Waals surface area contributed by atoms with Gasteiger partial charge in [-0.1, -0.05) is 28.4 Å². The Morgan fingerprint density at radius 1 is 1.26 bits per heavy atom. The van der Waals surface area contributed by atoms with Gasteiger partial charge in [0.05, 0.1) is 12.1 Å². The Labute approximate surface area is 119 Å². The van der Waals surface area contributed by atoms with Crippen LogP contribution in [0.15, 0.2) is 22.7 Å². The third-order valence-electron chi connectivity index (χ3n) is 2.97. The molecule has 2 aromatic rings. The number of aromatic nitrogens is 2. The first-order valence-electron chi connectivity index (χ1n) is 5.83. The Morgan fingerprint density at radius 3 is 2.63 bits per heavy atom. The standard InChI is InChI=1S/C12H11Cl2N3O2/c13-7-1-6(2-8(14)3-7)11-16-12(19-17-11)10-4-9(18)5-15-10/h1-3,9-10,15,18H,4-5H2/t9-,10-/m0/s1. The SMILES string of the molecule is O[C@@H]1CN[C@H](c2nc(-c3cc(Cl)cc(Cl)c3)no2)C1. The van der Waals surface area contributed by atoms with Gasteiger partial charge in [-0.15, -0.1) is 0 Å². The first-order chi connectivity index (χ1) is 9.11. The Bertz CT molecular complexity index is 582. The number of halogens is 2. The lowest BCUT2D eigenvalue weighted by Gasteiger charge is -2.01. The molecule has 1 saturated heterocycles. The molecule has 1 fully saturated rings. The van der Waals surface area contributed by atoms with Crippen molar-refractivity contribution in [3.8, 4) is 11.4 Å². The third kappa shape index (κ3) is 2.74. The molecule has 0 radical (unpaired) electrons. The van der Waals surface area contributed by atoms with E-state index in [0.717, 1.165) is 0 Å². The Kier molecular flexibility index (Phi) is 3.45. The molecule has 0 unspecified atom stereocenters. The van der Waals surface area contributed by atoms with Crippen LogP contribution in [0.2, 0.25) is 10.0 Å². The number of aliphatic hydroxyl groups is 1. The average molecular weight is 300 g/mol. The zero-order chi connectivity index (χ0) is 13.4. The summed E-state index contributed by atoms with van der Waals surface area (Å²) in [6.07, 6.45) is 0.193. The second kappa shape index (κ2) is 5.09. The largest absolute Gasteiger partial charge is 0.392 e. The average Bonchev–Trinajstić information content (AvgIpc) is 2.95. The summed E-state index contributed by atoms with van der Waals surface area (Å²) in [7, 11) is 0. The van der Waals surface area contributed by atoms with Gasteiger partial charge in [0.25, 0.3) is 0 Å². The minimum atomic E-state index is -0.374. The molecule has 0 spiro atoms. The molecule has 1 aliphatic heterocycles. The minimum Gasteiger partial charge on any atom is -0.392 e. The highest BCUT2D eigenvalue weighted by Crippen LogP contribution is 2.28. The zero-order valence-corrected chi connectivity index (χ0v) is 11.3. The number of rotatable bonds is 2. The summed E-state index contributed by atoms with van der Waals surface area (Å²) >= 11 is 11.9. The molecule has 2 atom stereocenters. The van der Waals surface area contributed by atoms with Crippen molar-refractivity contribution in [1.82, 2.24) is 15.5 Å². The van der Waals surface area contributed by atoms with Crippen molar-refractivity contribution in [2.75, 3.05) is 6.54 Å². The molecule has 1 aliphatic rings.